The summed E-state index contributed by atoms with van der Waals surface area (Å²) >= 11 is 0. The van der Waals surface area contributed by atoms with E-state index < -0.39 is 10.0 Å². The number of amides is 1. The van der Waals surface area contributed by atoms with Gasteiger partial charge in [-0.3, -0.25) is 4.79 Å². The first-order chi connectivity index (χ1) is 8.01. The van der Waals surface area contributed by atoms with Crippen LogP contribution in [0.15, 0.2) is 41.8 Å². The van der Waals surface area contributed by atoms with Crippen molar-refractivity contribution in [1.82, 2.24) is 10.0 Å². The van der Waals surface area contributed by atoms with Gasteiger partial charge in [0.1, 0.15) is 0 Å². The fraction of sp³-hybridized carbons (Fsp3) is 0.182. The molecule has 0 radical (unpaired) electrons. The van der Waals surface area contributed by atoms with Gasteiger partial charge < -0.3 is 5.32 Å². The van der Waals surface area contributed by atoms with Crippen molar-refractivity contribution in [2.75, 3.05) is 13.6 Å². The summed E-state index contributed by atoms with van der Waals surface area (Å²) in [7, 11) is -2.12. The number of hydrogen-bond acceptors (Lipinski definition) is 3. The van der Waals surface area contributed by atoms with E-state index >= 15 is 0 Å². The quantitative estimate of drug-likeness (QED) is 0.752. The van der Waals surface area contributed by atoms with E-state index in [9.17, 15) is 13.2 Å². The van der Waals surface area contributed by atoms with Gasteiger partial charge in [-0.1, -0.05) is 6.08 Å². The molecule has 0 aromatic heterocycles. The maximum atomic E-state index is 11.5. The van der Waals surface area contributed by atoms with Gasteiger partial charge in [0.05, 0.1) is 4.90 Å². The van der Waals surface area contributed by atoms with Crippen LogP contribution in [0.4, 0.5) is 0 Å². The molecule has 0 spiro atoms. The second-order valence-electron chi connectivity index (χ2n) is 3.23. The molecule has 0 saturated carbocycles. The minimum absolute atomic E-state index is 0.125. The van der Waals surface area contributed by atoms with Crippen molar-refractivity contribution < 1.29 is 13.2 Å². The Hall–Kier alpha value is -1.66. The molecule has 92 valence electrons. The molecule has 0 unspecified atom stereocenters. The summed E-state index contributed by atoms with van der Waals surface area (Å²) in [6.07, 6.45) is 1.57. The normalized spacial score (nSPS) is 10.9. The van der Waals surface area contributed by atoms with Crippen LogP contribution in [0.5, 0.6) is 0 Å². The van der Waals surface area contributed by atoms with E-state index in [-0.39, 0.29) is 10.8 Å². The predicted molar refractivity (Wildman–Crippen MR) is 65.2 cm³/mol. The van der Waals surface area contributed by atoms with Gasteiger partial charge >= 0.3 is 0 Å². The zero-order valence-electron chi connectivity index (χ0n) is 9.43. The molecule has 0 aliphatic rings. The highest BCUT2D eigenvalue weighted by Gasteiger charge is 2.11. The summed E-state index contributed by atoms with van der Waals surface area (Å²) in [6, 6.07) is 5.69. The molecule has 0 fully saturated rings. The van der Waals surface area contributed by atoms with Crippen LogP contribution in [0.3, 0.4) is 0 Å². The first kappa shape index (κ1) is 13.4. The van der Waals surface area contributed by atoms with Crippen LogP contribution in [0, 0.1) is 0 Å². The maximum Gasteiger partial charge on any atom is 0.251 e. The van der Waals surface area contributed by atoms with Crippen LogP contribution in [0.2, 0.25) is 0 Å². The van der Waals surface area contributed by atoms with Crippen LogP contribution in [0.25, 0.3) is 0 Å². The van der Waals surface area contributed by atoms with Crippen molar-refractivity contribution >= 4 is 15.9 Å². The number of carbonyl (C=O) groups is 1. The highest BCUT2D eigenvalue weighted by Crippen LogP contribution is 2.09. The molecule has 0 saturated heterocycles. The van der Waals surface area contributed by atoms with Crippen LogP contribution in [-0.2, 0) is 10.0 Å². The summed E-state index contributed by atoms with van der Waals surface area (Å²) in [5, 5.41) is 2.60. The highest BCUT2D eigenvalue weighted by atomic mass is 32.2. The molecule has 6 heteroatoms. The van der Waals surface area contributed by atoms with Crippen LogP contribution >= 0.6 is 0 Å². The summed E-state index contributed by atoms with van der Waals surface area (Å²) < 4.78 is 25.1. The molecule has 0 atom stereocenters. The van der Waals surface area contributed by atoms with Gasteiger partial charge in [-0.2, -0.15) is 0 Å². The highest BCUT2D eigenvalue weighted by molar-refractivity contribution is 7.89. The summed E-state index contributed by atoms with van der Waals surface area (Å²) in [4.78, 5) is 11.6. The Kier molecular flexibility index (Phi) is 4.42. The Morgan fingerprint density at radius 3 is 2.41 bits per heavy atom. The molecule has 0 bridgehead atoms. The molecule has 5 nitrogen and oxygen atoms in total. The van der Waals surface area contributed by atoms with Gasteiger partial charge in [-0.05, 0) is 31.3 Å². The monoisotopic (exact) mass is 254 g/mol. The summed E-state index contributed by atoms with van der Waals surface area (Å²) in [5.74, 6) is -0.265. The zero-order valence-corrected chi connectivity index (χ0v) is 10.3. The largest absolute Gasteiger partial charge is 0.349 e. The zero-order chi connectivity index (χ0) is 12.9. The third-order valence-corrected chi connectivity index (χ3v) is 3.53. The number of carbonyl (C=O) groups excluding carboxylic acids is 1. The first-order valence-electron chi connectivity index (χ1n) is 4.94. The molecular weight excluding hydrogens is 240 g/mol. The molecule has 0 aliphatic carbocycles. The van der Waals surface area contributed by atoms with Crippen molar-refractivity contribution in [2.24, 2.45) is 0 Å². The van der Waals surface area contributed by atoms with Gasteiger partial charge in [-0.15, -0.1) is 6.58 Å². The molecular formula is C11H14N2O3S. The number of sulfonamides is 1. The Morgan fingerprint density at radius 2 is 1.94 bits per heavy atom. The van der Waals surface area contributed by atoms with E-state index in [0.717, 1.165) is 0 Å². The topological polar surface area (TPSA) is 75.3 Å². The maximum absolute atomic E-state index is 11.5. The molecule has 1 aromatic rings. The molecule has 2 N–H and O–H groups in total. The van der Waals surface area contributed by atoms with Crippen LogP contribution in [-0.4, -0.2) is 27.9 Å². The van der Waals surface area contributed by atoms with E-state index in [1.54, 1.807) is 6.08 Å². The molecule has 0 heterocycles. The minimum atomic E-state index is -3.46. The van der Waals surface area contributed by atoms with Crippen molar-refractivity contribution in [3.8, 4) is 0 Å². The molecule has 0 aliphatic heterocycles. The third kappa shape index (κ3) is 3.40. The van der Waals surface area contributed by atoms with Crippen molar-refractivity contribution in [1.29, 1.82) is 0 Å². The average molecular weight is 254 g/mol. The van der Waals surface area contributed by atoms with E-state index in [0.29, 0.717) is 12.1 Å². The van der Waals surface area contributed by atoms with Crippen molar-refractivity contribution in [3.05, 3.63) is 42.5 Å². The third-order valence-electron chi connectivity index (χ3n) is 2.10. The standard InChI is InChI=1S/C11H14N2O3S/c1-3-8-13-11(14)9-4-6-10(7-5-9)17(15,16)12-2/h3-7,12H,1,8H2,2H3,(H,13,14). The Balaban J connectivity index is 2.89. The number of benzene rings is 1. The molecule has 1 rings (SSSR count). The smallest absolute Gasteiger partial charge is 0.251 e. The van der Waals surface area contributed by atoms with Gasteiger partial charge in [-0.25, -0.2) is 13.1 Å². The van der Waals surface area contributed by atoms with Crippen LogP contribution < -0.4 is 10.0 Å². The van der Waals surface area contributed by atoms with Gasteiger partial charge in [0.15, 0.2) is 0 Å². The SMILES string of the molecule is C=CCNC(=O)c1ccc(S(=O)(=O)NC)cc1. The predicted octanol–water partition coefficient (Wildman–Crippen LogP) is 0.510. The molecule has 1 aromatic carbocycles. The lowest BCUT2D eigenvalue weighted by Gasteiger charge is -2.04. The second-order valence-corrected chi connectivity index (χ2v) is 5.12. The lowest BCUT2D eigenvalue weighted by atomic mass is 10.2. The fourth-order valence-electron chi connectivity index (χ4n) is 1.17. The van der Waals surface area contributed by atoms with Crippen molar-refractivity contribution in [3.63, 3.8) is 0 Å². The fourth-order valence-corrected chi connectivity index (χ4v) is 1.90. The van der Waals surface area contributed by atoms with E-state index in [4.69, 9.17) is 0 Å². The van der Waals surface area contributed by atoms with E-state index in [2.05, 4.69) is 16.6 Å². The lowest BCUT2D eigenvalue weighted by molar-refractivity contribution is 0.0958. The van der Waals surface area contributed by atoms with Gasteiger partial charge in [0.25, 0.3) is 5.91 Å². The van der Waals surface area contributed by atoms with Gasteiger partial charge in [0, 0.05) is 12.1 Å². The Labute approximate surface area is 101 Å². The second kappa shape index (κ2) is 5.60. The number of rotatable bonds is 5. The minimum Gasteiger partial charge on any atom is -0.349 e. The first-order valence-corrected chi connectivity index (χ1v) is 6.42. The number of nitrogens with one attached hydrogen (secondary N) is 2. The Morgan fingerprint density at radius 1 is 1.35 bits per heavy atom. The molecule has 1 amide bonds. The molecule has 17 heavy (non-hydrogen) atoms. The number of hydrogen-bond donors (Lipinski definition) is 2. The Bertz CT molecular complexity index is 506. The summed E-state index contributed by atoms with van der Waals surface area (Å²) in [6.45, 7) is 3.85. The van der Waals surface area contributed by atoms with Crippen LogP contribution in [0.1, 0.15) is 10.4 Å². The van der Waals surface area contributed by atoms with Gasteiger partial charge in [0.2, 0.25) is 10.0 Å². The van der Waals surface area contributed by atoms with E-state index in [1.807, 2.05) is 0 Å². The van der Waals surface area contributed by atoms with E-state index in [1.165, 1.54) is 31.3 Å². The van der Waals surface area contributed by atoms with Crippen molar-refractivity contribution in [2.45, 2.75) is 4.90 Å². The summed E-state index contributed by atoms with van der Waals surface area (Å²) in [5.41, 5.74) is 0.405. The average Bonchev–Trinajstić information content (AvgIpc) is 2.36. The lowest BCUT2D eigenvalue weighted by Crippen LogP contribution is -2.23.